The van der Waals surface area contributed by atoms with Crippen LogP contribution < -0.4 is 16.0 Å². The number of pyridine rings is 2. The van der Waals surface area contributed by atoms with Crippen LogP contribution in [0.3, 0.4) is 0 Å². The first-order valence-electron chi connectivity index (χ1n) is 7.86. The zero-order valence-electron chi connectivity index (χ0n) is 13.1. The average Bonchev–Trinajstić information content (AvgIpc) is 3.43. The van der Waals surface area contributed by atoms with Gasteiger partial charge in [-0.15, -0.1) is 0 Å². The highest BCUT2D eigenvalue weighted by Gasteiger charge is 2.46. The summed E-state index contributed by atoms with van der Waals surface area (Å²) in [4.78, 5) is 23.9. The number of carboxylic acid groups (broad SMARTS) is 1. The topological polar surface area (TPSA) is 94.0 Å². The molecule has 7 heteroatoms. The van der Waals surface area contributed by atoms with Crippen LogP contribution in [0.1, 0.15) is 53.1 Å². The van der Waals surface area contributed by atoms with Crippen LogP contribution in [0.15, 0.2) is 17.1 Å². The molecule has 3 N–H and O–H groups in total. The fourth-order valence-electron chi connectivity index (χ4n) is 3.33. The summed E-state index contributed by atoms with van der Waals surface area (Å²) in [7, 11) is 1.41. The monoisotopic (exact) mass is 332 g/mol. The highest BCUT2D eigenvalue weighted by Crippen LogP contribution is 2.51. The number of aromatic carboxylic acids is 1. The van der Waals surface area contributed by atoms with Crippen molar-refractivity contribution in [2.75, 3.05) is 7.11 Å². The second kappa shape index (κ2) is 4.80. The molecule has 126 valence electrons. The standard InChI is InChI=1S/C17H17FN2O4/c1-24-14-12(17(19)4-5-17)11(18)7-20-13(14)9(8-2-3-8)6-10(15(20)21)16(22)23/h6-8H,2-5,19H2,1H3,(H,22,23). The predicted molar refractivity (Wildman–Crippen MR) is 84.2 cm³/mol. The van der Waals surface area contributed by atoms with Crippen molar-refractivity contribution >= 4 is 11.5 Å². The Morgan fingerprint density at radius 3 is 2.62 bits per heavy atom. The number of ether oxygens (including phenoxy) is 1. The van der Waals surface area contributed by atoms with Crippen molar-refractivity contribution in [3.8, 4) is 5.75 Å². The number of halogens is 1. The zero-order valence-corrected chi connectivity index (χ0v) is 13.1. The molecule has 0 saturated heterocycles. The lowest BCUT2D eigenvalue weighted by Crippen LogP contribution is -2.27. The summed E-state index contributed by atoms with van der Waals surface area (Å²) in [5, 5.41) is 9.28. The number of aromatic nitrogens is 1. The van der Waals surface area contributed by atoms with Crippen LogP contribution in [-0.4, -0.2) is 22.6 Å². The van der Waals surface area contributed by atoms with Gasteiger partial charge in [-0.3, -0.25) is 9.20 Å². The van der Waals surface area contributed by atoms with Crippen LogP contribution in [0, 0.1) is 5.82 Å². The number of hydrogen-bond donors (Lipinski definition) is 2. The third-order valence-electron chi connectivity index (χ3n) is 4.93. The molecule has 2 aromatic rings. The normalized spacial score (nSPS) is 18.6. The number of carboxylic acids is 1. The molecule has 0 aromatic carbocycles. The average molecular weight is 332 g/mol. The molecule has 0 spiro atoms. The molecule has 4 rings (SSSR count). The Morgan fingerprint density at radius 1 is 1.46 bits per heavy atom. The third kappa shape index (κ3) is 2.04. The van der Waals surface area contributed by atoms with Crippen LogP contribution in [0.25, 0.3) is 5.52 Å². The summed E-state index contributed by atoms with van der Waals surface area (Å²) >= 11 is 0. The largest absolute Gasteiger partial charge is 0.494 e. The van der Waals surface area contributed by atoms with Gasteiger partial charge in [-0.1, -0.05) is 0 Å². The quantitative estimate of drug-likeness (QED) is 0.893. The van der Waals surface area contributed by atoms with Gasteiger partial charge in [0, 0.05) is 11.7 Å². The van der Waals surface area contributed by atoms with Gasteiger partial charge >= 0.3 is 5.97 Å². The van der Waals surface area contributed by atoms with Gasteiger partial charge in [-0.05, 0) is 43.2 Å². The van der Waals surface area contributed by atoms with Crippen LogP contribution in [0.4, 0.5) is 4.39 Å². The highest BCUT2D eigenvalue weighted by atomic mass is 19.1. The lowest BCUT2D eigenvalue weighted by molar-refractivity contribution is 0.0694. The number of rotatable bonds is 4. The number of methoxy groups -OCH3 is 1. The van der Waals surface area contributed by atoms with Gasteiger partial charge in [-0.2, -0.15) is 0 Å². The first-order valence-corrected chi connectivity index (χ1v) is 7.86. The van der Waals surface area contributed by atoms with Crippen molar-refractivity contribution < 1.29 is 19.0 Å². The molecule has 0 aliphatic heterocycles. The van der Waals surface area contributed by atoms with Crippen LogP contribution in [0.2, 0.25) is 0 Å². The highest BCUT2D eigenvalue weighted by molar-refractivity contribution is 5.89. The fraction of sp³-hybridized carbons (Fsp3) is 0.412. The van der Waals surface area contributed by atoms with E-state index >= 15 is 0 Å². The Kier molecular flexibility index (Phi) is 3.02. The number of hydrogen-bond acceptors (Lipinski definition) is 4. The van der Waals surface area contributed by atoms with E-state index in [4.69, 9.17) is 10.5 Å². The Balaban J connectivity index is 2.16. The van der Waals surface area contributed by atoms with Crippen LogP contribution in [0.5, 0.6) is 5.75 Å². The van der Waals surface area contributed by atoms with Crippen molar-refractivity contribution in [1.29, 1.82) is 0 Å². The van der Waals surface area contributed by atoms with E-state index in [1.54, 1.807) is 0 Å². The predicted octanol–water partition coefficient (Wildman–Crippen LogP) is 1.97. The summed E-state index contributed by atoms with van der Waals surface area (Å²) in [5.41, 5.74) is 5.69. The summed E-state index contributed by atoms with van der Waals surface area (Å²) in [6.07, 6.45) is 4.13. The SMILES string of the molecule is COc1c(C2(N)CC2)c(F)cn2c(=O)c(C(=O)O)cc(C3CC3)c12. The maximum atomic E-state index is 14.7. The number of carbonyl (C=O) groups is 1. The summed E-state index contributed by atoms with van der Waals surface area (Å²) < 4.78 is 21.2. The molecule has 0 radical (unpaired) electrons. The lowest BCUT2D eigenvalue weighted by atomic mass is 9.99. The van der Waals surface area contributed by atoms with Gasteiger partial charge in [-0.25, -0.2) is 9.18 Å². The fourth-order valence-corrected chi connectivity index (χ4v) is 3.33. The summed E-state index contributed by atoms with van der Waals surface area (Å²) in [6.45, 7) is 0. The lowest BCUT2D eigenvalue weighted by Gasteiger charge is -2.20. The molecule has 0 amide bonds. The third-order valence-corrected chi connectivity index (χ3v) is 4.93. The molecule has 24 heavy (non-hydrogen) atoms. The molecule has 2 aliphatic rings. The molecule has 2 heterocycles. The van der Waals surface area contributed by atoms with Gasteiger partial charge in [0.05, 0.1) is 18.2 Å². The number of nitrogens with two attached hydrogens (primary N) is 1. The van der Waals surface area contributed by atoms with Crippen molar-refractivity contribution in [2.45, 2.75) is 37.1 Å². The van der Waals surface area contributed by atoms with Crippen molar-refractivity contribution in [1.82, 2.24) is 4.40 Å². The van der Waals surface area contributed by atoms with Crippen molar-refractivity contribution in [3.05, 3.63) is 45.1 Å². The van der Waals surface area contributed by atoms with Gasteiger partial charge in [0.2, 0.25) is 0 Å². The minimum absolute atomic E-state index is 0.152. The summed E-state index contributed by atoms with van der Waals surface area (Å²) in [6, 6.07) is 1.40. The van der Waals surface area contributed by atoms with E-state index in [9.17, 15) is 19.1 Å². The molecule has 0 bridgehead atoms. The Labute approximate surface area is 136 Å². The molecule has 2 fully saturated rings. The second-order valence-electron chi connectivity index (χ2n) is 6.66. The van der Waals surface area contributed by atoms with E-state index < -0.39 is 22.9 Å². The maximum absolute atomic E-state index is 14.7. The molecular weight excluding hydrogens is 315 g/mol. The molecule has 2 saturated carbocycles. The Hall–Kier alpha value is -2.41. The van der Waals surface area contributed by atoms with E-state index in [-0.39, 0.29) is 22.8 Å². The molecule has 2 aromatic heterocycles. The number of fused-ring (bicyclic) bond motifs is 1. The smallest absolute Gasteiger partial charge is 0.341 e. The summed E-state index contributed by atoms with van der Waals surface area (Å²) in [5.74, 6) is -1.58. The van der Waals surface area contributed by atoms with Crippen LogP contribution in [-0.2, 0) is 5.54 Å². The van der Waals surface area contributed by atoms with E-state index in [1.807, 2.05) is 0 Å². The first kappa shape index (κ1) is 15.1. The zero-order chi connectivity index (χ0) is 17.2. The molecule has 0 unspecified atom stereocenters. The maximum Gasteiger partial charge on any atom is 0.341 e. The van der Waals surface area contributed by atoms with Crippen LogP contribution >= 0.6 is 0 Å². The van der Waals surface area contributed by atoms with Crippen molar-refractivity contribution in [2.24, 2.45) is 5.73 Å². The minimum atomic E-state index is -1.32. The van der Waals surface area contributed by atoms with Gasteiger partial charge in [0.1, 0.15) is 11.4 Å². The second-order valence-corrected chi connectivity index (χ2v) is 6.66. The molecule has 0 atom stereocenters. The molecule has 6 nitrogen and oxygen atoms in total. The van der Waals surface area contributed by atoms with Crippen molar-refractivity contribution in [3.63, 3.8) is 0 Å². The first-order chi connectivity index (χ1) is 11.4. The molecular formula is C17H17FN2O4. The molecule has 2 aliphatic carbocycles. The van der Waals surface area contributed by atoms with Gasteiger partial charge in [0.25, 0.3) is 5.56 Å². The van der Waals surface area contributed by atoms with Gasteiger partial charge in [0.15, 0.2) is 5.75 Å². The van der Waals surface area contributed by atoms with E-state index in [0.717, 1.165) is 23.4 Å². The minimum Gasteiger partial charge on any atom is -0.494 e. The van der Waals surface area contributed by atoms with E-state index in [1.165, 1.54) is 13.2 Å². The Bertz CT molecular complexity index is 942. The Morgan fingerprint density at radius 2 is 2.12 bits per heavy atom. The number of nitrogens with zero attached hydrogens (tertiary/aromatic N) is 1. The van der Waals surface area contributed by atoms with Gasteiger partial charge < -0.3 is 15.6 Å². The van der Waals surface area contributed by atoms with E-state index in [2.05, 4.69) is 0 Å². The van der Waals surface area contributed by atoms with E-state index in [0.29, 0.717) is 23.9 Å².